The zero-order valence-corrected chi connectivity index (χ0v) is 17.6. The smallest absolute Gasteiger partial charge is 0.305 e. The number of hydrogen-bond donors (Lipinski definition) is 0. The van der Waals surface area contributed by atoms with Crippen LogP contribution in [0.15, 0.2) is 0 Å². The van der Waals surface area contributed by atoms with E-state index in [0.717, 1.165) is 24.6 Å². The number of unbranched alkanes of at least 4 members (excludes halogenated alkanes) is 2. The van der Waals surface area contributed by atoms with Crippen LogP contribution >= 0.6 is 15.9 Å². The summed E-state index contributed by atoms with van der Waals surface area (Å²) in [6.07, 6.45) is 3.55. The Labute approximate surface area is 166 Å². The number of carbonyl (C=O) groups excluding carboxylic acids is 1. The van der Waals surface area contributed by atoms with Crippen LogP contribution in [0.2, 0.25) is 0 Å². The first-order valence-corrected chi connectivity index (χ1v) is 10.5. The summed E-state index contributed by atoms with van der Waals surface area (Å²) in [6.45, 7) is 7.80. The van der Waals surface area contributed by atoms with E-state index in [0.29, 0.717) is 79.1 Å². The predicted molar refractivity (Wildman–Crippen MR) is 103 cm³/mol. The average molecular weight is 443 g/mol. The van der Waals surface area contributed by atoms with Crippen molar-refractivity contribution in [3.05, 3.63) is 0 Å². The Bertz CT molecular complexity index is 293. The van der Waals surface area contributed by atoms with Crippen LogP contribution < -0.4 is 0 Å². The van der Waals surface area contributed by atoms with E-state index >= 15 is 0 Å². The molecule has 0 aromatic carbocycles. The molecular formula is C18H35BrO7. The Hall–Kier alpha value is -0.250. The Morgan fingerprint density at radius 3 is 1.50 bits per heavy atom. The summed E-state index contributed by atoms with van der Waals surface area (Å²) in [4.78, 5) is 11.3. The van der Waals surface area contributed by atoms with Gasteiger partial charge in [0, 0.05) is 11.8 Å². The van der Waals surface area contributed by atoms with Gasteiger partial charge >= 0.3 is 5.97 Å². The van der Waals surface area contributed by atoms with E-state index in [1.54, 1.807) is 0 Å². The van der Waals surface area contributed by atoms with Gasteiger partial charge in [-0.15, -0.1) is 0 Å². The second-order valence-corrected chi connectivity index (χ2v) is 6.22. The SMILES string of the molecule is CCCCCC(=O)OCCOCCOCCOCCOCCOCCBr. The molecule has 0 aliphatic heterocycles. The lowest BCUT2D eigenvalue weighted by molar-refractivity contribution is -0.145. The number of esters is 1. The fourth-order valence-corrected chi connectivity index (χ4v) is 2.07. The fraction of sp³-hybridized carbons (Fsp3) is 0.944. The number of rotatable bonds is 21. The molecule has 0 aliphatic rings. The largest absolute Gasteiger partial charge is 0.463 e. The minimum atomic E-state index is -0.147. The Morgan fingerprint density at radius 2 is 1.08 bits per heavy atom. The molecule has 0 spiro atoms. The predicted octanol–water partition coefficient (Wildman–Crippen LogP) is 2.59. The van der Waals surface area contributed by atoms with Gasteiger partial charge in [0.15, 0.2) is 0 Å². The zero-order valence-electron chi connectivity index (χ0n) is 16.0. The summed E-state index contributed by atoms with van der Waals surface area (Å²) in [6, 6.07) is 0. The number of alkyl halides is 1. The summed E-state index contributed by atoms with van der Waals surface area (Å²) in [7, 11) is 0. The first-order valence-electron chi connectivity index (χ1n) is 9.41. The maximum Gasteiger partial charge on any atom is 0.305 e. The van der Waals surface area contributed by atoms with Gasteiger partial charge in [-0.1, -0.05) is 35.7 Å². The van der Waals surface area contributed by atoms with Gasteiger partial charge in [-0.05, 0) is 6.42 Å². The molecule has 156 valence electrons. The van der Waals surface area contributed by atoms with E-state index in [1.165, 1.54) is 0 Å². The van der Waals surface area contributed by atoms with Crippen LogP contribution in [0.25, 0.3) is 0 Å². The van der Waals surface area contributed by atoms with Crippen molar-refractivity contribution in [3.8, 4) is 0 Å². The van der Waals surface area contributed by atoms with Crippen LogP contribution in [-0.4, -0.2) is 84.0 Å². The summed E-state index contributed by atoms with van der Waals surface area (Å²) in [5.74, 6) is -0.147. The highest BCUT2D eigenvalue weighted by molar-refractivity contribution is 9.09. The van der Waals surface area contributed by atoms with Gasteiger partial charge in [-0.2, -0.15) is 0 Å². The normalized spacial score (nSPS) is 11.0. The van der Waals surface area contributed by atoms with Crippen molar-refractivity contribution in [1.82, 2.24) is 0 Å². The third-order valence-electron chi connectivity index (χ3n) is 3.18. The van der Waals surface area contributed by atoms with Crippen LogP contribution in [0.5, 0.6) is 0 Å². The van der Waals surface area contributed by atoms with E-state index in [-0.39, 0.29) is 5.97 Å². The number of ether oxygens (including phenoxy) is 6. The lowest BCUT2D eigenvalue weighted by Gasteiger charge is -2.08. The Kier molecular flexibility index (Phi) is 22.6. The highest BCUT2D eigenvalue weighted by Crippen LogP contribution is 2.00. The second-order valence-electron chi connectivity index (χ2n) is 5.43. The first-order chi connectivity index (χ1) is 12.8. The first kappa shape index (κ1) is 25.8. The number of carbonyl (C=O) groups is 1. The van der Waals surface area contributed by atoms with Gasteiger partial charge in [0.05, 0.1) is 66.1 Å². The molecule has 0 radical (unpaired) electrons. The molecule has 0 aliphatic carbocycles. The van der Waals surface area contributed by atoms with Gasteiger partial charge in [-0.3, -0.25) is 4.79 Å². The quantitative estimate of drug-likeness (QED) is 0.153. The molecule has 0 atom stereocenters. The second kappa shape index (κ2) is 22.8. The minimum Gasteiger partial charge on any atom is -0.463 e. The van der Waals surface area contributed by atoms with Crippen molar-refractivity contribution >= 4 is 21.9 Å². The number of hydrogen-bond acceptors (Lipinski definition) is 7. The number of halogens is 1. The molecule has 0 bridgehead atoms. The Morgan fingerprint density at radius 1 is 0.654 bits per heavy atom. The van der Waals surface area contributed by atoms with Crippen molar-refractivity contribution in [2.24, 2.45) is 0 Å². The van der Waals surface area contributed by atoms with Crippen LogP contribution in [0.1, 0.15) is 32.6 Å². The molecule has 0 aromatic rings. The van der Waals surface area contributed by atoms with E-state index in [2.05, 4.69) is 22.9 Å². The van der Waals surface area contributed by atoms with E-state index in [9.17, 15) is 4.79 Å². The van der Waals surface area contributed by atoms with Gasteiger partial charge in [-0.25, -0.2) is 0 Å². The third-order valence-corrected chi connectivity index (χ3v) is 3.51. The van der Waals surface area contributed by atoms with Gasteiger partial charge in [0.2, 0.25) is 0 Å². The fourth-order valence-electron chi connectivity index (χ4n) is 1.84. The van der Waals surface area contributed by atoms with Gasteiger partial charge in [0.1, 0.15) is 6.61 Å². The maximum atomic E-state index is 11.3. The molecule has 0 rings (SSSR count). The Balaban J connectivity index is 3.06. The lowest BCUT2D eigenvalue weighted by Crippen LogP contribution is -2.15. The standard InChI is InChI=1S/C18H35BrO7/c1-2-3-4-5-18(20)26-17-16-25-15-14-24-13-12-23-11-10-22-9-8-21-7-6-19/h2-17H2,1H3. The summed E-state index contributed by atoms with van der Waals surface area (Å²) in [5, 5.41) is 0.841. The molecule has 26 heavy (non-hydrogen) atoms. The average Bonchev–Trinajstić information content (AvgIpc) is 2.64. The van der Waals surface area contributed by atoms with Crippen molar-refractivity contribution in [1.29, 1.82) is 0 Å². The van der Waals surface area contributed by atoms with Crippen molar-refractivity contribution < 1.29 is 33.2 Å². The molecule has 0 saturated heterocycles. The molecule has 0 heterocycles. The van der Waals surface area contributed by atoms with Crippen molar-refractivity contribution in [3.63, 3.8) is 0 Å². The highest BCUT2D eigenvalue weighted by Gasteiger charge is 2.01. The van der Waals surface area contributed by atoms with E-state index in [4.69, 9.17) is 28.4 Å². The van der Waals surface area contributed by atoms with Crippen LogP contribution in [0.4, 0.5) is 0 Å². The van der Waals surface area contributed by atoms with Crippen molar-refractivity contribution in [2.75, 3.05) is 78.0 Å². The molecule has 0 aromatic heterocycles. The summed E-state index contributed by atoms with van der Waals surface area (Å²) >= 11 is 3.29. The third kappa shape index (κ3) is 21.8. The minimum absolute atomic E-state index is 0.147. The summed E-state index contributed by atoms with van der Waals surface area (Å²) in [5.41, 5.74) is 0. The molecule has 0 amide bonds. The zero-order chi connectivity index (χ0) is 19.1. The van der Waals surface area contributed by atoms with Gasteiger partial charge < -0.3 is 28.4 Å². The molecule has 0 unspecified atom stereocenters. The van der Waals surface area contributed by atoms with Crippen LogP contribution in [-0.2, 0) is 33.2 Å². The van der Waals surface area contributed by atoms with Crippen LogP contribution in [0, 0.1) is 0 Å². The molecular weight excluding hydrogens is 408 g/mol. The molecule has 8 heteroatoms. The van der Waals surface area contributed by atoms with E-state index < -0.39 is 0 Å². The van der Waals surface area contributed by atoms with Crippen molar-refractivity contribution in [2.45, 2.75) is 32.6 Å². The lowest BCUT2D eigenvalue weighted by atomic mass is 10.2. The van der Waals surface area contributed by atoms with E-state index in [1.807, 2.05) is 0 Å². The highest BCUT2D eigenvalue weighted by atomic mass is 79.9. The molecule has 7 nitrogen and oxygen atoms in total. The topological polar surface area (TPSA) is 72.5 Å². The summed E-state index contributed by atoms with van der Waals surface area (Å²) < 4.78 is 31.7. The van der Waals surface area contributed by atoms with Crippen LogP contribution in [0.3, 0.4) is 0 Å². The molecule has 0 fully saturated rings. The monoisotopic (exact) mass is 442 g/mol. The van der Waals surface area contributed by atoms with Gasteiger partial charge in [0.25, 0.3) is 0 Å². The maximum absolute atomic E-state index is 11.3. The molecule has 0 saturated carbocycles. The molecule has 0 N–H and O–H groups in total.